The third-order valence-electron chi connectivity index (χ3n) is 1.78. The molecule has 1 heterocycles. The predicted molar refractivity (Wildman–Crippen MR) is 49.2 cm³/mol. The molecule has 0 amide bonds. The first-order valence-electron chi connectivity index (χ1n) is 4.19. The van der Waals surface area contributed by atoms with Crippen LogP contribution in [-0.4, -0.2) is 24.3 Å². The van der Waals surface area contributed by atoms with Crippen molar-refractivity contribution in [3.8, 4) is 0 Å². The molecule has 1 aliphatic heterocycles. The zero-order chi connectivity index (χ0) is 9.90. The van der Waals surface area contributed by atoms with Crippen molar-refractivity contribution in [3.63, 3.8) is 0 Å². The molecule has 0 aromatic carbocycles. The Labute approximate surface area is 78.0 Å². The second kappa shape index (κ2) is 3.85. The molecule has 0 saturated carbocycles. The summed E-state index contributed by atoms with van der Waals surface area (Å²) in [7, 11) is 0. The van der Waals surface area contributed by atoms with E-state index in [0.717, 1.165) is 6.29 Å². The zero-order valence-corrected chi connectivity index (χ0v) is 7.90. The van der Waals surface area contributed by atoms with Gasteiger partial charge in [0.25, 0.3) is 0 Å². The Balaban J connectivity index is 2.68. The molecule has 0 aromatic rings. The van der Waals surface area contributed by atoms with Gasteiger partial charge in [-0.05, 0) is 26.0 Å². The second-order valence-corrected chi connectivity index (χ2v) is 3.32. The van der Waals surface area contributed by atoms with Crippen molar-refractivity contribution in [2.24, 2.45) is 0 Å². The van der Waals surface area contributed by atoms with Gasteiger partial charge in [-0.3, -0.25) is 4.79 Å². The quantitative estimate of drug-likeness (QED) is 0.376. The minimum absolute atomic E-state index is 0.175. The number of carbonyl (C=O) groups excluding carboxylic acids is 1. The molecule has 3 heteroatoms. The Morgan fingerprint density at radius 3 is 2.46 bits per heavy atom. The lowest BCUT2D eigenvalue weighted by atomic mass is 10.2. The van der Waals surface area contributed by atoms with Gasteiger partial charge in [0.1, 0.15) is 18.5 Å². The topological polar surface area (TPSA) is 35.5 Å². The monoisotopic (exact) mass is 182 g/mol. The van der Waals surface area contributed by atoms with Crippen molar-refractivity contribution in [2.45, 2.75) is 31.8 Å². The maximum Gasteiger partial charge on any atom is 0.164 e. The van der Waals surface area contributed by atoms with Crippen LogP contribution in [-0.2, 0) is 14.3 Å². The van der Waals surface area contributed by atoms with Crippen LogP contribution in [0, 0.1) is 0 Å². The van der Waals surface area contributed by atoms with Crippen molar-refractivity contribution in [1.29, 1.82) is 0 Å². The Kier molecular flexibility index (Phi) is 3.01. The Morgan fingerprint density at radius 2 is 1.92 bits per heavy atom. The van der Waals surface area contributed by atoms with Gasteiger partial charge in [-0.25, -0.2) is 0 Å². The molecule has 0 bridgehead atoms. The maximum atomic E-state index is 10.1. The minimum Gasteiger partial charge on any atom is -0.340 e. The Bertz CT molecular complexity index is 230. The molecular formula is C10H14O3. The summed E-state index contributed by atoms with van der Waals surface area (Å²) in [6.45, 7) is 7.30. The van der Waals surface area contributed by atoms with Crippen LogP contribution in [0.15, 0.2) is 24.8 Å². The van der Waals surface area contributed by atoms with Crippen molar-refractivity contribution < 1.29 is 14.3 Å². The largest absolute Gasteiger partial charge is 0.340 e. The lowest BCUT2D eigenvalue weighted by Gasteiger charge is -2.15. The summed E-state index contributed by atoms with van der Waals surface area (Å²) in [6, 6.07) is 0. The number of hydrogen-bond donors (Lipinski definition) is 0. The molecule has 0 radical (unpaired) electrons. The highest BCUT2D eigenvalue weighted by Gasteiger charge is 2.37. The Morgan fingerprint density at radius 1 is 1.31 bits per heavy atom. The van der Waals surface area contributed by atoms with E-state index in [1.54, 1.807) is 12.2 Å². The predicted octanol–water partition coefficient (Wildman–Crippen LogP) is 1.45. The van der Waals surface area contributed by atoms with Gasteiger partial charge in [0.05, 0.1) is 0 Å². The summed E-state index contributed by atoms with van der Waals surface area (Å²) in [5.41, 5.74) is 0. The van der Waals surface area contributed by atoms with E-state index in [4.69, 9.17) is 9.47 Å². The van der Waals surface area contributed by atoms with Crippen LogP contribution in [0.4, 0.5) is 0 Å². The lowest BCUT2D eigenvalue weighted by Crippen LogP contribution is -2.20. The standard InChI is InChI=1S/C10H14O3/c1-4-8-9(6-5-7-11)13-10(2,3)12-8/h4-9H,1H2,2-3H3/b6-5+/t8-,9-/m0/s1. The van der Waals surface area contributed by atoms with Crippen molar-refractivity contribution >= 4 is 6.29 Å². The number of rotatable bonds is 3. The van der Waals surface area contributed by atoms with Gasteiger partial charge >= 0.3 is 0 Å². The van der Waals surface area contributed by atoms with Crippen molar-refractivity contribution in [3.05, 3.63) is 24.8 Å². The maximum absolute atomic E-state index is 10.1. The summed E-state index contributed by atoms with van der Waals surface area (Å²) < 4.78 is 11.0. The average molecular weight is 182 g/mol. The molecule has 0 N–H and O–H groups in total. The average Bonchev–Trinajstić information content (AvgIpc) is 2.37. The smallest absolute Gasteiger partial charge is 0.164 e. The highest BCUT2D eigenvalue weighted by molar-refractivity contribution is 5.64. The molecule has 0 aliphatic carbocycles. The van der Waals surface area contributed by atoms with Gasteiger partial charge < -0.3 is 9.47 Å². The summed E-state index contributed by atoms with van der Waals surface area (Å²) in [5.74, 6) is -0.600. The van der Waals surface area contributed by atoms with E-state index in [-0.39, 0.29) is 12.2 Å². The number of ether oxygens (including phenoxy) is 2. The fourth-order valence-corrected chi connectivity index (χ4v) is 1.30. The summed E-state index contributed by atoms with van der Waals surface area (Å²) in [4.78, 5) is 10.1. The minimum atomic E-state index is -0.600. The molecule has 1 fully saturated rings. The molecular weight excluding hydrogens is 168 g/mol. The SMILES string of the molecule is C=C[C@@H]1OC(C)(C)O[C@H]1/C=C/C=O. The van der Waals surface area contributed by atoms with Gasteiger partial charge in [0.2, 0.25) is 0 Å². The number of hydrogen-bond acceptors (Lipinski definition) is 3. The molecule has 0 unspecified atom stereocenters. The molecule has 1 rings (SSSR count). The van der Waals surface area contributed by atoms with Crippen molar-refractivity contribution in [1.82, 2.24) is 0 Å². The van der Waals surface area contributed by atoms with E-state index in [1.807, 2.05) is 13.8 Å². The number of aldehydes is 1. The number of allylic oxidation sites excluding steroid dienone is 1. The van der Waals surface area contributed by atoms with E-state index in [1.165, 1.54) is 6.08 Å². The van der Waals surface area contributed by atoms with E-state index >= 15 is 0 Å². The highest BCUT2D eigenvalue weighted by Crippen LogP contribution is 2.29. The zero-order valence-electron chi connectivity index (χ0n) is 7.90. The molecule has 0 spiro atoms. The molecule has 1 saturated heterocycles. The lowest BCUT2D eigenvalue weighted by molar-refractivity contribution is -0.139. The summed E-state index contributed by atoms with van der Waals surface area (Å²) in [5, 5.41) is 0. The van der Waals surface area contributed by atoms with E-state index in [9.17, 15) is 4.79 Å². The molecule has 1 aliphatic rings. The molecule has 13 heavy (non-hydrogen) atoms. The second-order valence-electron chi connectivity index (χ2n) is 3.32. The first-order valence-corrected chi connectivity index (χ1v) is 4.19. The molecule has 3 nitrogen and oxygen atoms in total. The van der Waals surface area contributed by atoms with Crippen LogP contribution in [0.1, 0.15) is 13.8 Å². The van der Waals surface area contributed by atoms with Crippen LogP contribution in [0.25, 0.3) is 0 Å². The van der Waals surface area contributed by atoms with Gasteiger partial charge in [-0.15, -0.1) is 6.58 Å². The van der Waals surface area contributed by atoms with Crippen molar-refractivity contribution in [2.75, 3.05) is 0 Å². The van der Waals surface area contributed by atoms with Gasteiger partial charge in [0.15, 0.2) is 5.79 Å². The summed E-state index contributed by atoms with van der Waals surface area (Å²) in [6.07, 6.45) is 5.09. The van der Waals surface area contributed by atoms with Gasteiger partial charge in [-0.1, -0.05) is 6.08 Å². The highest BCUT2D eigenvalue weighted by atomic mass is 16.7. The fourth-order valence-electron chi connectivity index (χ4n) is 1.30. The van der Waals surface area contributed by atoms with Gasteiger partial charge in [-0.2, -0.15) is 0 Å². The first-order chi connectivity index (χ1) is 6.09. The van der Waals surface area contributed by atoms with Crippen LogP contribution >= 0.6 is 0 Å². The fraction of sp³-hybridized carbons (Fsp3) is 0.500. The van der Waals surface area contributed by atoms with Crippen LogP contribution in [0.2, 0.25) is 0 Å². The van der Waals surface area contributed by atoms with E-state index in [0.29, 0.717) is 0 Å². The van der Waals surface area contributed by atoms with Crippen LogP contribution in [0.3, 0.4) is 0 Å². The van der Waals surface area contributed by atoms with Gasteiger partial charge in [0, 0.05) is 0 Å². The van der Waals surface area contributed by atoms with E-state index in [2.05, 4.69) is 6.58 Å². The van der Waals surface area contributed by atoms with Crippen LogP contribution < -0.4 is 0 Å². The third kappa shape index (κ3) is 2.50. The number of carbonyl (C=O) groups is 1. The van der Waals surface area contributed by atoms with E-state index < -0.39 is 5.79 Å². The normalized spacial score (nSPS) is 32.2. The third-order valence-corrected chi connectivity index (χ3v) is 1.78. The Hall–Kier alpha value is -0.930. The molecule has 2 atom stereocenters. The summed E-state index contributed by atoms with van der Waals surface area (Å²) >= 11 is 0. The van der Waals surface area contributed by atoms with Crippen LogP contribution in [0.5, 0.6) is 0 Å². The molecule has 72 valence electrons. The molecule has 0 aromatic heterocycles. The first kappa shape index (κ1) is 10.2.